The zero-order valence-electron chi connectivity index (χ0n) is 11.8. The third-order valence-corrected chi connectivity index (χ3v) is 2.77. The lowest BCUT2D eigenvalue weighted by Crippen LogP contribution is -2.37. The van der Waals surface area contributed by atoms with Crippen LogP contribution in [0.15, 0.2) is 0 Å². The number of nitrogens with zero attached hydrogens (tertiary/aromatic N) is 1. The van der Waals surface area contributed by atoms with E-state index in [4.69, 9.17) is 14.6 Å². The van der Waals surface area contributed by atoms with Crippen LogP contribution in [-0.4, -0.2) is 54.1 Å². The summed E-state index contributed by atoms with van der Waals surface area (Å²) in [5.74, 6) is 0. The smallest absolute Gasteiger partial charge is 0.410 e. The Morgan fingerprint density at radius 1 is 1.39 bits per heavy atom. The lowest BCUT2D eigenvalue weighted by molar-refractivity contribution is -0.0719. The molecule has 0 radical (unpaired) electrons. The highest BCUT2D eigenvalue weighted by atomic mass is 16.6. The SMILES string of the molecule is CN(CCCOC1CC(O)C1)C(=O)OC(C)(C)C. The van der Waals surface area contributed by atoms with Gasteiger partial charge in [0, 0.05) is 20.2 Å². The van der Waals surface area contributed by atoms with Gasteiger partial charge in [-0.3, -0.25) is 0 Å². The number of rotatable bonds is 5. The molecule has 106 valence electrons. The first kappa shape index (κ1) is 15.2. The highest BCUT2D eigenvalue weighted by Crippen LogP contribution is 2.22. The molecule has 0 aromatic heterocycles. The molecule has 1 saturated carbocycles. The molecule has 0 bridgehead atoms. The Bertz CT molecular complexity index is 269. The fourth-order valence-electron chi connectivity index (χ4n) is 1.66. The molecule has 1 aliphatic carbocycles. The van der Waals surface area contributed by atoms with Crippen molar-refractivity contribution in [2.24, 2.45) is 0 Å². The summed E-state index contributed by atoms with van der Waals surface area (Å²) in [6, 6.07) is 0. The summed E-state index contributed by atoms with van der Waals surface area (Å²) in [5, 5.41) is 9.09. The number of hydrogen-bond donors (Lipinski definition) is 1. The Balaban J connectivity index is 2.05. The van der Waals surface area contributed by atoms with E-state index in [1.807, 2.05) is 20.8 Å². The average Bonchev–Trinajstić information content (AvgIpc) is 2.18. The molecule has 1 rings (SSSR count). The van der Waals surface area contributed by atoms with Crippen LogP contribution in [0.2, 0.25) is 0 Å². The third-order valence-electron chi connectivity index (χ3n) is 2.77. The van der Waals surface area contributed by atoms with Gasteiger partial charge in [-0.2, -0.15) is 0 Å². The van der Waals surface area contributed by atoms with Crippen LogP contribution < -0.4 is 0 Å². The summed E-state index contributed by atoms with van der Waals surface area (Å²) < 4.78 is 10.8. The maximum absolute atomic E-state index is 11.6. The van der Waals surface area contributed by atoms with Crippen molar-refractivity contribution in [2.75, 3.05) is 20.2 Å². The molecule has 0 atom stereocenters. The molecule has 18 heavy (non-hydrogen) atoms. The normalized spacial score (nSPS) is 23.4. The van der Waals surface area contributed by atoms with Crippen molar-refractivity contribution in [3.05, 3.63) is 0 Å². The van der Waals surface area contributed by atoms with Gasteiger partial charge in [-0.25, -0.2) is 4.79 Å². The Labute approximate surface area is 109 Å². The predicted molar refractivity (Wildman–Crippen MR) is 68.5 cm³/mol. The molecule has 0 spiro atoms. The van der Waals surface area contributed by atoms with Crippen molar-refractivity contribution in [1.29, 1.82) is 0 Å². The van der Waals surface area contributed by atoms with E-state index < -0.39 is 5.60 Å². The van der Waals surface area contributed by atoms with Gasteiger partial charge in [0.1, 0.15) is 5.60 Å². The van der Waals surface area contributed by atoms with Crippen molar-refractivity contribution >= 4 is 6.09 Å². The molecular formula is C13H25NO4. The van der Waals surface area contributed by atoms with E-state index in [1.54, 1.807) is 11.9 Å². The van der Waals surface area contributed by atoms with E-state index in [0.717, 1.165) is 19.3 Å². The zero-order chi connectivity index (χ0) is 13.8. The van der Waals surface area contributed by atoms with Crippen LogP contribution >= 0.6 is 0 Å². The number of hydrogen-bond acceptors (Lipinski definition) is 4. The number of carbonyl (C=O) groups is 1. The highest BCUT2D eigenvalue weighted by Gasteiger charge is 2.27. The first-order chi connectivity index (χ1) is 8.28. The second-order valence-electron chi connectivity index (χ2n) is 5.87. The molecule has 5 nitrogen and oxygen atoms in total. The Hall–Kier alpha value is -0.810. The Kier molecular flexibility index (Phi) is 5.41. The second kappa shape index (κ2) is 6.38. The summed E-state index contributed by atoms with van der Waals surface area (Å²) in [6.45, 7) is 6.78. The van der Waals surface area contributed by atoms with Crippen LogP contribution in [0.1, 0.15) is 40.0 Å². The summed E-state index contributed by atoms with van der Waals surface area (Å²) in [7, 11) is 1.72. The van der Waals surface area contributed by atoms with Gasteiger partial charge in [-0.15, -0.1) is 0 Å². The van der Waals surface area contributed by atoms with E-state index >= 15 is 0 Å². The number of carbonyl (C=O) groups excluding carboxylic acids is 1. The van der Waals surface area contributed by atoms with Crippen LogP contribution in [0.25, 0.3) is 0 Å². The first-order valence-corrected chi connectivity index (χ1v) is 6.51. The van der Waals surface area contributed by atoms with Crippen LogP contribution in [0.4, 0.5) is 4.79 Å². The monoisotopic (exact) mass is 259 g/mol. The van der Waals surface area contributed by atoms with Crippen LogP contribution in [0, 0.1) is 0 Å². The number of amides is 1. The Morgan fingerprint density at radius 3 is 2.50 bits per heavy atom. The zero-order valence-corrected chi connectivity index (χ0v) is 11.8. The molecule has 0 heterocycles. The van der Waals surface area contributed by atoms with Crippen LogP contribution in [-0.2, 0) is 9.47 Å². The molecule has 0 saturated heterocycles. The fourth-order valence-corrected chi connectivity index (χ4v) is 1.66. The average molecular weight is 259 g/mol. The summed E-state index contributed by atoms with van der Waals surface area (Å²) in [4.78, 5) is 13.2. The maximum atomic E-state index is 11.6. The van der Waals surface area contributed by atoms with E-state index in [9.17, 15) is 4.79 Å². The molecule has 5 heteroatoms. The molecule has 0 aromatic carbocycles. The van der Waals surface area contributed by atoms with E-state index in [1.165, 1.54) is 0 Å². The van der Waals surface area contributed by atoms with Crippen molar-refractivity contribution < 1.29 is 19.4 Å². The fraction of sp³-hybridized carbons (Fsp3) is 0.923. The lowest BCUT2D eigenvalue weighted by atomic mass is 9.92. The van der Waals surface area contributed by atoms with E-state index in [-0.39, 0.29) is 18.3 Å². The minimum Gasteiger partial charge on any atom is -0.444 e. The van der Waals surface area contributed by atoms with E-state index in [2.05, 4.69) is 0 Å². The van der Waals surface area contributed by atoms with Gasteiger partial charge in [0.25, 0.3) is 0 Å². The molecule has 1 aliphatic rings. The highest BCUT2D eigenvalue weighted by molar-refractivity contribution is 5.67. The molecule has 1 fully saturated rings. The predicted octanol–water partition coefficient (Wildman–Crippen LogP) is 1.78. The van der Waals surface area contributed by atoms with Gasteiger partial charge >= 0.3 is 6.09 Å². The molecule has 0 aromatic rings. The minimum absolute atomic E-state index is 0.181. The van der Waals surface area contributed by atoms with Crippen LogP contribution in [0.5, 0.6) is 0 Å². The van der Waals surface area contributed by atoms with Gasteiger partial charge in [0.15, 0.2) is 0 Å². The van der Waals surface area contributed by atoms with Gasteiger partial charge in [-0.05, 0) is 40.0 Å². The standard InChI is InChI=1S/C13H25NO4/c1-13(2,3)18-12(16)14(4)6-5-7-17-11-8-10(15)9-11/h10-11,15H,5-9H2,1-4H3. The molecule has 1 N–H and O–H groups in total. The third kappa shape index (κ3) is 5.69. The van der Waals surface area contributed by atoms with Crippen molar-refractivity contribution in [1.82, 2.24) is 4.90 Å². The number of ether oxygens (including phenoxy) is 2. The quantitative estimate of drug-likeness (QED) is 0.765. The van der Waals surface area contributed by atoms with Gasteiger partial charge < -0.3 is 19.5 Å². The van der Waals surface area contributed by atoms with Gasteiger partial charge in [-0.1, -0.05) is 0 Å². The van der Waals surface area contributed by atoms with Crippen LogP contribution in [0.3, 0.4) is 0 Å². The van der Waals surface area contributed by atoms with Crippen molar-refractivity contribution in [3.8, 4) is 0 Å². The lowest BCUT2D eigenvalue weighted by Gasteiger charge is -2.31. The van der Waals surface area contributed by atoms with Gasteiger partial charge in [0.2, 0.25) is 0 Å². The summed E-state index contributed by atoms with van der Waals surface area (Å²) in [6.07, 6.45) is 1.97. The van der Waals surface area contributed by atoms with Crippen molar-refractivity contribution in [3.63, 3.8) is 0 Å². The van der Waals surface area contributed by atoms with E-state index in [0.29, 0.717) is 13.2 Å². The Morgan fingerprint density at radius 2 is 2.00 bits per heavy atom. The molecular weight excluding hydrogens is 234 g/mol. The topological polar surface area (TPSA) is 59.0 Å². The first-order valence-electron chi connectivity index (χ1n) is 6.51. The summed E-state index contributed by atoms with van der Waals surface area (Å²) >= 11 is 0. The largest absolute Gasteiger partial charge is 0.444 e. The maximum Gasteiger partial charge on any atom is 0.410 e. The van der Waals surface area contributed by atoms with Gasteiger partial charge in [0.05, 0.1) is 12.2 Å². The molecule has 0 unspecified atom stereocenters. The molecule has 0 aliphatic heterocycles. The second-order valence-corrected chi connectivity index (χ2v) is 5.87. The summed E-state index contributed by atoms with van der Waals surface area (Å²) in [5.41, 5.74) is -0.454. The van der Waals surface area contributed by atoms with Crippen molar-refractivity contribution in [2.45, 2.75) is 57.8 Å². The number of aliphatic hydroxyl groups excluding tert-OH is 1. The molecule has 1 amide bonds. The number of aliphatic hydroxyl groups is 1. The minimum atomic E-state index is -0.454.